The number of nitrogens with one attached hydrogen (secondary N) is 2. The van der Waals surface area contributed by atoms with E-state index in [0.717, 1.165) is 34.0 Å². The number of hydrogen-bond donors (Lipinski definition) is 3. The van der Waals surface area contributed by atoms with Crippen molar-refractivity contribution < 1.29 is 9.90 Å². The van der Waals surface area contributed by atoms with Crippen LogP contribution in [0.1, 0.15) is 62.0 Å². The molecule has 0 spiro atoms. The number of aromatic nitrogens is 1. The number of anilines is 3. The molecule has 2 aromatic carbocycles. The predicted molar refractivity (Wildman–Crippen MR) is 143 cm³/mol. The standard InChI is InChI=1S/C29H33N3O2S/c1-19-14-20-16-21(15-19)18-29(2,17-20)22-6-8-24(9-7-22)32-35-25-12-10-23(11-13-25)30-27-5-3-4-26(31-27)28(33)34/h3-13,19-21,32H,14-18H2,1-2H3,(H,30,31)(H,33,34). The average Bonchev–Trinajstić information content (AvgIpc) is 2.83. The lowest BCUT2D eigenvalue weighted by Gasteiger charge is -2.47. The fourth-order valence-corrected chi connectivity index (χ4v) is 6.90. The Kier molecular flexibility index (Phi) is 6.74. The molecule has 6 heteroatoms. The van der Waals surface area contributed by atoms with Crippen molar-refractivity contribution in [2.75, 3.05) is 10.0 Å². The fourth-order valence-electron chi connectivity index (χ4n) is 6.26. The van der Waals surface area contributed by atoms with Gasteiger partial charge >= 0.3 is 5.97 Å². The van der Waals surface area contributed by atoms with Crippen molar-refractivity contribution >= 4 is 35.1 Å². The molecule has 0 aliphatic heterocycles. The molecule has 2 aliphatic carbocycles. The van der Waals surface area contributed by atoms with Gasteiger partial charge in [-0.05, 0) is 121 Å². The zero-order chi connectivity index (χ0) is 24.4. The Labute approximate surface area is 211 Å². The molecule has 1 aromatic heterocycles. The van der Waals surface area contributed by atoms with Gasteiger partial charge in [-0.3, -0.25) is 0 Å². The van der Waals surface area contributed by atoms with Crippen LogP contribution in [0.25, 0.3) is 0 Å². The molecule has 5 nitrogen and oxygen atoms in total. The van der Waals surface area contributed by atoms with E-state index in [1.54, 1.807) is 24.1 Å². The van der Waals surface area contributed by atoms with Gasteiger partial charge in [0.2, 0.25) is 0 Å². The first kappa shape index (κ1) is 23.7. The van der Waals surface area contributed by atoms with Crippen LogP contribution in [0, 0.1) is 17.8 Å². The number of benzene rings is 2. The molecule has 3 N–H and O–H groups in total. The van der Waals surface area contributed by atoms with E-state index >= 15 is 0 Å². The van der Waals surface area contributed by atoms with Crippen molar-refractivity contribution in [2.24, 2.45) is 17.8 Å². The van der Waals surface area contributed by atoms with Crippen LogP contribution in [0.15, 0.2) is 71.6 Å². The van der Waals surface area contributed by atoms with Gasteiger partial charge < -0.3 is 15.1 Å². The third-order valence-electron chi connectivity index (χ3n) is 7.58. The fraction of sp³-hybridized carbons (Fsp3) is 0.379. The van der Waals surface area contributed by atoms with E-state index in [9.17, 15) is 4.79 Å². The lowest BCUT2D eigenvalue weighted by Crippen LogP contribution is -2.38. The number of pyridine rings is 1. The molecule has 2 unspecified atom stereocenters. The maximum atomic E-state index is 11.1. The number of hydrogen-bond acceptors (Lipinski definition) is 5. The van der Waals surface area contributed by atoms with Crippen LogP contribution in [-0.4, -0.2) is 16.1 Å². The Hall–Kier alpha value is -2.99. The molecule has 5 rings (SSSR count). The Morgan fingerprint density at radius 2 is 1.60 bits per heavy atom. The van der Waals surface area contributed by atoms with Crippen LogP contribution < -0.4 is 10.0 Å². The summed E-state index contributed by atoms with van der Waals surface area (Å²) >= 11 is 1.58. The second kappa shape index (κ2) is 9.94. The first-order chi connectivity index (χ1) is 16.9. The quantitative estimate of drug-likeness (QED) is 0.296. The summed E-state index contributed by atoms with van der Waals surface area (Å²) < 4.78 is 3.46. The molecule has 0 saturated heterocycles. The lowest BCUT2D eigenvalue weighted by atomic mass is 9.57. The molecule has 2 atom stereocenters. The third kappa shape index (κ3) is 5.64. The molecule has 3 aromatic rings. The van der Waals surface area contributed by atoms with Gasteiger partial charge in [0.25, 0.3) is 0 Å². The van der Waals surface area contributed by atoms with Crippen molar-refractivity contribution in [3.63, 3.8) is 0 Å². The van der Waals surface area contributed by atoms with E-state index in [-0.39, 0.29) is 5.69 Å². The first-order valence-electron chi connectivity index (χ1n) is 12.5. The smallest absolute Gasteiger partial charge is 0.354 e. The third-order valence-corrected chi connectivity index (χ3v) is 8.43. The van der Waals surface area contributed by atoms with E-state index in [4.69, 9.17) is 5.11 Å². The van der Waals surface area contributed by atoms with Gasteiger partial charge in [0.15, 0.2) is 5.69 Å². The van der Waals surface area contributed by atoms with Gasteiger partial charge in [-0.1, -0.05) is 32.0 Å². The summed E-state index contributed by atoms with van der Waals surface area (Å²) in [5, 5.41) is 12.3. The molecule has 1 heterocycles. The van der Waals surface area contributed by atoms with Gasteiger partial charge in [-0.2, -0.15) is 0 Å². The van der Waals surface area contributed by atoms with Crippen molar-refractivity contribution in [2.45, 2.75) is 56.3 Å². The minimum absolute atomic E-state index is 0.0207. The number of rotatable bonds is 7. The maximum absolute atomic E-state index is 11.1. The van der Waals surface area contributed by atoms with E-state index in [0.29, 0.717) is 11.2 Å². The second-order valence-corrected chi connectivity index (χ2v) is 11.5. The van der Waals surface area contributed by atoms with Gasteiger partial charge in [0.1, 0.15) is 5.82 Å². The van der Waals surface area contributed by atoms with E-state index in [1.165, 1.54) is 43.7 Å². The molecule has 182 valence electrons. The number of nitrogens with zero attached hydrogens (tertiary/aromatic N) is 1. The van der Waals surface area contributed by atoms with Crippen LogP contribution in [0.4, 0.5) is 17.2 Å². The Morgan fingerprint density at radius 1 is 0.943 bits per heavy atom. The largest absolute Gasteiger partial charge is 0.477 e. The minimum Gasteiger partial charge on any atom is -0.477 e. The summed E-state index contributed by atoms with van der Waals surface area (Å²) in [4.78, 5) is 16.3. The van der Waals surface area contributed by atoms with E-state index in [2.05, 4.69) is 53.1 Å². The summed E-state index contributed by atoms with van der Waals surface area (Å²) in [6, 6.07) is 21.9. The van der Waals surface area contributed by atoms with Crippen molar-refractivity contribution in [1.29, 1.82) is 0 Å². The zero-order valence-electron chi connectivity index (χ0n) is 20.3. The highest BCUT2D eigenvalue weighted by Gasteiger charge is 2.41. The highest BCUT2D eigenvalue weighted by molar-refractivity contribution is 8.00. The second-order valence-electron chi connectivity index (χ2n) is 10.7. The van der Waals surface area contributed by atoms with Crippen LogP contribution >= 0.6 is 11.9 Å². The molecule has 2 aliphatic rings. The van der Waals surface area contributed by atoms with Crippen LogP contribution in [-0.2, 0) is 5.41 Å². The van der Waals surface area contributed by atoms with Crippen LogP contribution in [0.2, 0.25) is 0 Å². The summed E-state index contributed by atoms with van der Waals surface area (Å²) in [6.45, 7) is 4.91. The summed E-state index contributed by atoms with van der Waals surface area (Å²) in [5.74, 6) is 2.16. The van der Waals surface area contributed by atoms with Gasteiger partial charge in [-0.25, -0.2) is 9.78 Å². The Bertz CT molecular complexity index is 1160. The van der Waals surface area contributed by atoms with Crippen molar-refractivity contribution in [1.82, 2.24) is 4.98 Å². The molecule has 2 bridgehead atoms. The predicted octanol–water partition coefficient (Wildman–Crippen LogP) is 7.75. The molecule has 0 radical (unpaired) electrons. The molecule has 2 fully saturated rings. The normalized spacial score (nSPS) is 25.6. The van der Waals surface area contributed by atoms with Crippen LogP contribution in [0.5, 0.6) is 0 Å². The Morgan fingerprint density at radius 3 is 2.26 bits per heavy atom. The highest BCUT2D eigenvalue weighted by Crippen LogP contribution is 2.51. The molecule has 2 saturated carbocycles. The monoisotopic (exact) mass is 487 g/mol. The SMILES string of the molecule is CC1CC2CC(C1)CC(C)(c1ccc(NSc3ccc(Nc4cccc(C(=O)O)n4)cc3)cc1)C2. The Balaban J connectivity index is 1.17. The van der Waals surface area contributed by atoms with Gasteiger partial charge in [-0.15, -0.1) is 0 Å². The van der Waals surface area contributed by atoms with Gasteiger partial charge in [0, 0.05) is 16.3 Å². The number of carboxylic acid groups (broad SMARTS) is 1. The summed E-state index contributed by atoms with van der Waals surface area (Å²) in [6.07, 6.45) is 6.90. The van der Waals surface area contributed by atoms with Gasteiger partial charge in [0.05, 0.1) is 0 Å². The zero-order valence-corrected chi connectivity index (χ0v) is 21.1. The molecule has 0 amide bonds. The average molecular weight is 488 g/mol. The highest BCUT2D eigenvalue weighted by atomic mass is 32.2. The number of aromatic carboxylic acids is 1. The number of fused-ring (bicyclic) bond motifs is 2. The maximum Gasteiger partial charge on any atom is 0.354 e. The van der Waals surface area contributed by atoms with Crippen LogP contribution in [0.3, 0.4) is 0 Å². The number of carboxylic acids is 1. The van der Waals surface area contributed by atoms with E-state index < -0.39 is 5.97 Å². The minimum atomic E-state index is -1.04. The molecular weight excluding hydrogens is 454 g/mol. The summed E-state index contributed by atoms with van der Waals surface area (Å²) in [5.41, 5.74) is 3.76. The van der Waals surface area contributed by atoms with Crippen molar-refractivity contribution in [3.05, 3.63) is 78.0 Å². The number of carbonyl (C=O) groups is 1. The summed E-state index contributed by atoms with van der Waals surface area (Å²) in [7, 11) is 0. The molecule has 35 heavy (non-hydrogen) atoms. The first-order valence-corrected chi connectivity index (χ1v) is 13.3. The van der Waals surface area contributed by atoms with Crippen molar-refractivity contribution in [3.8, 4) is 0 Å². The lowest BCUT2D eigenvalue weighted by molar-refractivity contribution is 0.0690. The molecular formula is C29H33N3O2S. The van der Waals surface area contributed by atoms with E-state index in [1.807, 2.05) is 24.3 Å². The topological polar surface area (TPSA) is 74.2 Å².